The van der Waals surface area contributed by atoms with E-state index in [1.165, 1.54) is 0 Å². The minimum Gasteiger partial charge on any atom is -0.485 e. The van der Waals surface area contributed by atoms with Gasteiger partial charge in [0.25, 0.3) is 5.91 Å². The van der Waals surface area contributed by atoms with Gasteiger partial charge in [-0.2, -0.15) is 0 Å². The van der Waals surface area contributed by atoms with Crippen molar-refractivity contribution in [1.82, 2.24) is 4.90 Å². The fraction of sp³-hybridized carbons (Fsp3) is 0.429. The summed E-state index contributed by atoms with van der Waals surface area (Å²) >= 11 is 4.87. The second-order valence-corrected chi connectivity index (χ2v) is 5.36. The molecule has 0 aromatic heterocycles. The summed E-state index contributed by atoms with van der Waals surface area (Å²) in [5.41, 5.74) is 5.51. The highest BCUT2D eigenvalue weighted by Crippen LogP contribution is 2.31. The molecule has 1 aliphatic rings. The predicted octanol–water partition coefficient (Wildman–Crippen LogP) is 1.35. The number of thiocarbonyl (C=S) groups is 1. The van der Waals surface area contributed by atoms with Crippen LogP contribution in [-0.2, 0) is 4.79 Å². The Morgan fingerprint density at radius 1 is 1.50 bits per heavy atom. The number of hydrogen-bond donors (Lipinski definition) is 1. The van der Waals surface area contributed by atoms with Crippen molar-refractivity contribution in [2.24, 2.45) is 5.73 Å². The van der Waals surface area contributed by atoms with E-state index in [4.69, 9.17) is 27.4 Å². The highest BCUT2D eigenvalue weighted by molar-refractivity contribution is 7.80. The molecule has 2 unspecified atom stereocenters. The van der Waals surface area contributed by atoms with E-state index in [-0.39, 0.29) is 18.6 Å². The van der Waals surface area contributed by atoms with Gasteiger partial charge in [-0.1, -0.05) is 24.4 Å². The highest BCUT2D eigenvalue weighted by Gasteiger charge is 2.31. The van der Waals surface area contributed by atoms with Crippen molar-refractivity contribution >= 4 is 23.1 Å². The summed E-state index contributed by atoms with van der Waals surface area (Å²) in [6.07, 6.45) is -0.148. The van der Waals surface area contributed by atoms with E-state index < -0.39 is 6.10 Å². The molecule has 20 heavy (non-hydrogen) atoms. The van der Waals surface area contributed by atoms with Crippen LogP contribution in [0, 0.1) is 0 Å². The zero-order valence-electron chi connectivity index (χ0n) is 11.5. The topological polar surface area (TPSA) is 64.8 Å². The van der Waals surface area contributed by atoms with Crippen molar-refractivity contribution in [1.29, 1.82) is 0 Å². The van der Waals surface area contributed by atoms with Crippen LogP contribution in [0.25, 0.3) is 0 Å². The Hall–Kier alpha value is -1.82. The van der Waals surface area contributed by atoms with Gasteiger partial charge < -0.3 is 20.1 Å². The van der Waals surface area contributed by atoms with Gasteiger partial charge in [0.15, 0.2) is 11.5 Å². The van der Waals surface area contributed by atoms with Crippen LogP contribution < -0.4 is 15.2 Å². The molecule has 0 radical (unpaired) electrons. The maximum Gasteiger partial charge on any atom is 0.267 e. The van der Waals surface area contributed by atoms with E-state index in [1.807, 2.05) is 25.1 Å². The minimum atomic E-state index is -0.635. The molecule has 108 valence electrons. The summed E-state index contributed by atoms with van der Waals surface area (Å²) in [6.45, 7) is 2.11. The summed E-state index contributed by atoms with van der Waals surface area (Å²) in [5.74, 6) is 1.12. The number of carbonyl (C=O) groups excluding carboxylic acids is 1. The third-order valence-electron chi connectivity index (χ3n) is 3.29. The number of rotatable bonds is 4. The minimum absolute atomic E-state index is 0.0687. The lowest BCUT2D eigenvalue weighted by atomic mass is 10.2. The molecule has 1 aromatic rings. The fourth-order valence-electron chi connectivity index (χ4n) is 2.01. The molecular formula is C14H18N2O3S. The molecule has 0 aliphatic carbocycles. The van der Waals surface area contributed by atoms with Gasteiger partial charge in [0.05, 0.1) is 4.99 Å². The lowest BCUT2D eigenvalue weighted by Gasteiger charge is -2.31. The van der Waals surface area contributed by atoms with Crippen LogP contribution in [0.4, 0.5) is 0 Å². The Kier molecular flexibility index (Phi) is 4.44. The van der Waals surface area contributed by atoms with Crippen LogP contribution in [0.15, 0.2) is 24.3 Å². The second kappa shape index (κ2) is 6.09. The second-order valence-electron chi connectivity index (χ2n) is 4.83. The first-order chi connectivity index (χ1) is 9.49. The maximum absolute atomic E-state index is 12.4. The largest absolute Gasteiger partial charge is 0.485 e. The molecule has 2 N–H and O–H groups in total. The molecule has 5 nitrogen and oxygen atoms in total. The van der Waals surface area contributed by atoms with Crippen molar-refractivity contribution in [3.05, 3.63) is 24.3 Å². The van der Waals surface area contributed by atoms with Crippen molar-refractivity contribution in [2.45, 2.75) is 25.5 Å². The summed E-state index contributed by atoms with van der Waals surface area (Å²) in [7, 11) is 1.72. The first-order valence-corrected chi connectivity index (χ1v) is 6.83. The van der Waals surface area contributed by atoms with Crippen LogP contribution in [0.5, 0.6) is 11.5 Å². The number of nitrogens with zero attached hydrogens (tertiary/aromatic N) is 1. The van der Waals surface area contributed by atoms with Crippen molar-refractivity contribution in [3.63, 3.8) is 0 Å². The Bertz CT molecular complexity index is 521. The molecule has 2 atom stereocenters. The summed E-state index contributed by atoms with van der Waals surface area (Å²) in [6, 6.07) is 7.23. The van der Waals surface area contributed by atoms with Gasteiger partial charge in [0, 0.05) is 19.5 Å². The highest BCUT2D eigenvalue weighted by atomic mass is 32.1. The average molecular weight is 294 g/mol. The Balaban J connectivity index is 2.02. The number of hydrogen-bond acceptors (Lipinski definition) is 4. The number of para-hydroxylation sites is 2. The van der Waals surface area contributed by atoms with E-state index >= 15 is 0 Å². The summed E-state index contributed by atoms with van der Waals surface area (Å²) < 4.78 is 11.2. The molecule has 6 heteroatoms. The van der Waals surface area contributed by atoms with E-state index in [9.17, 15) is 4.79 Å². The van der Waals surface area contributed by atoms with Crippen LogP contribution in [0.2, 0.25) is 0 Å². The molecule has 0 bridgehead atoms. The fourth-order valence-corrected chi connectivity index (χ4v) is 2.25. The van der Waals surface area contributed by atoms with Gasteiger partial charge in [-0.3, -0.25) is 4.79 Å². The standard InChI is InChI=1S/C14H18N2O3S/c1-9(7-13(15)20)16(2)14(17)12-8-18-10-5-3-4-6-11(10)19-12/h3-6,9,12H,7-8H2,1-2H3,(H2,15,20). The lowest BCUT2D eigenvalue weighted by molar-refractivity contribution is -0.141. The number of benzene rings is 1. The average Bonchev–Trinajstić information content (AvgIpc) is 2.44. The van der Waals surface area contributed by atoms with Gasteiger partial charge >= 0.3 is 0 Å². The number of likely N-dealkylation sites (N-methyl/N-ethyl adjacent to an activating group) is 1. The van der Waals surface area contributed by atoms with Crippen LogP contribution >= 0.6 is 12.2 Å². The normalized spacial score (nSPS) is 18.2. The third-order valence-corrected chi connectivity index (χ3v) is 3.46. The van der Waals surface area contributed by atoms with Crippen LogP contribution in [-0.4, -0.2) is 41.6 Å². The maximum atomic E-state index is 12.4. The zero-order valence-corrected chi connectivity index (χ0v) is 12.4. The van der Waals surface area contributed by atoms with E-state index in [2.05, 4.69) is 0 Å². The van der Waals surface area contributed by atoms with Crippen molar-refractivity contribution in [3.8, 4) is 11.5 Å². The molecule has 1 aromatic carbocycles. The first kappa shape index (κ1) is 14.6. The molecule has 2 rings (SSSR count). The smallest absolute Gasteiger partial charge is 0.267 e. The Morgan fingerprint density at radius 3 is 2.80 bits per heavy atom. The number of amides is 1. The molecule has 0 saturated heterocycles. The van der Waals surface area contributed by atoms with Gasteiger partial charge in [-0.15, -0.1) is 0 Å². The monoisotopic (exact) mass is 294 g/mol. The molecule has 0 spiro atoms. The summed E-state index contributed by atoms with van der Waals surface area (Å²) in [4.78, 5) is 14.4. The molecule has 0 fully saturated rings. The van der Waals surface area contributed by atoms with Gasteiger partial charge in [0.1, 0.15) is 6.61 Å². The number of fused-ring (bicyclic) bond motifs is 1. The van der Waals surface area contributed by atoms with Crippen LogP contribution in [0.1, 0.15) is 13.3 Å². The quantitative estimate of drug-likeness (QED) is 0.849. The number of carbonyl (C=O) groups is 1. The van der Waals surface area contributed by atoms with Gasteiger partial charge in [0.2, 0.25) is 6.10 Å². The third kappa shape index (κ3) is 3.19. The van der Waals surface area contributed by atoms with Crippen molar-refractivity contribution < 1.29 is 14.3 Å². The molecule has 1 amide bonds. The predicted molar refractivity (Wildman–Crippen MR) is 80.0 cm³/mol. The number of ether oxygens (including phenoxy) is 2. The van der Waals surface area contributed by atoms with E-state index in [0.717, 1.165) is 0 Å². The van der Waals surface area contributed by atoms with Gasteiger partial charge in [-0.05, 0) is 19.1 Å². The SMILES string of the molecule is CC(CC(N)=S)N(C)C(=O)C1COc2ccccc2O1. The molecular weight excluding hydrogens is 276 g/mol. The van der Waals surface area contributed by atoms with E-state index in [1.54, 1.807) is 18.0 Å². The zero-order chi connectivity index (χ0) is 14.7. The first-order valence-electron chi connectivity index (χ1n) is 6.42. The van der Waals surface area contributed by atoms with E-state index in [0.29, 0.717) is 22.9 Å². The lowest BCUT2D eigenvalue weighted by Crippen LogP contribution is -2.48. The Labute approximate surface area is 123 Å². The molecule has 1 aliphatic heterocycles. The molecule has 1 heterocycles. The van der Waals surface area contributed by atoms with Crippen LogP contribution in [0.3, 0.4) is 0 Å². The van der Waals surface area contributed by atoms with Gasteiger partial charge in [-0.25, -0.2) is 0 Å². The number of nitrogens with two attached hydrogens (primary N) is 1. The molecule has 0 saturated carbocycles. The Morgan fingerprint density at radius 2 is 2.15 bits per heavy atom. The van der Waals surface area contributed by atoms with Crippen molar-refractivity contribution in [2.75, 3.05) is 13.7 Å². The summed E-state index contributed by atoms with van der Waals surface area (Å²) in [5, 5.41) is 0.